The van der Waals surface area contributed by atoms with Crippen LogP contribution in [0.5, 0.6) is 0 Å². The molecular formula is C45H80O15. The normalized spacial score (nSPS) is 27.8. The first-order chi connectivity index (χ1) is 29.0. The third kappa shape index (κ3) is 22.4. The van der Waals surface area contributed by atoms with Crippen molar-refractivity contribution in [3.8, 4) is 0 Å². The largest absolute Gasteiger partial charge is 0.461 e. The molecule has 0 amide bonds. The van der Waals surface area contributed by atoms with Crippen LogP contribution in [0.4, 0.5) is 0 Å². The van der Waals surface area contributed by atoms with Gasteiger partial charge in [-0.2, -0.15) is 0 Å². The summed E-state index contributed by atoms with van der Waals surface area (Å²) in [5.41, 5.74) is 0. The molecule has 11 atom stereocenters. The van der Waals surface area contributed by atoms with Gasteiger partial charge in [-0.05, 0) is 25.7 Å². The van der Waals surface area contributed by atoms with Gasteiger partial charge in [-0.25, -0.2) is 0 Å². The monoisotopic (exact) mass is 861 g/mol. The van der Waals surface area contributed by atoms with Crippen LogP contribution < -0.4 is 0 Å². The van der Waals surface area contributed by atoms with Crippen molar-refractivity contribution in [3.05, 3.63) is 24.3 Å². The van der Waals surface area contributed by atoms with Crippen molar-refractivity contribution in [2.75, 3.05) is 26.4 Å². The molecular weight excluding hydrogens is 780 g/mol. The lowest BCUT2D eigenvalue weighted by Gasteiger charge is -2.42. The minimum Gasteiger partial charge on any atom is -0.461 e. The number of allylic oxidation sites excluding steroid dienone is 2. The SMILES string of the molecule is CCCCCCCCCCCC=CCC(=O)OC[C@H](CO[C@@H]1O[C@H](CO[C@H]2O[C@H](CO)[C@H](O)C(O)C2O)[C@H](O)C(O)C1O)OC(=O)CC=CCCCCCCCCCCC. The molecule has 0 saturated carbocycles. The first kappa shape index (κ1) is 54.1. The number of aliphatic hydroxyl groups excluding tert-OH is 7. The Morgan fingerprint density at radius 3 is 1.45 bits per heavy atom. The maximum Gasteiger partial charge on any atom is 0.310 e. The fourth-order valence-corrected chi connectivity index (χ4v) is 7.12. The third-order valence-electron chi connectivity index (χ3n) is 11.0. The van der Waals surface area contributed by atoms with Gasteiger partial charge in [-0.1, -0.05) is 141 Å². The second kappa shape index (κ2) is 33.5. The Balaban J connectivity index is 1.89. The number of aliphatic hydroxyl groups is 7. The summed E-state index contributed by atoms with van der Waals surface area (Å²) in [7, 11) is 0. The number of hydrogen-bond donors (Lipinski definition) is 7. The van der Waals surface area contributed by atoms with Gasteiger partial charge in [-0.3, -0.25) is 9.59 Å². The topological polar surface area (TPSA) is 231 Å². The molecule has 2 fully saturated rings. The third-order valence-corrected chi connectivity index (χ3v) is 11.0. The molecule has 2 rings (SSSR count). The summed E-state index contributed by atoms with van der Waals surface area (Å²) in [4.78, 5) is 25.5. The summed E-state index contributed by atoms with van der Waals surface area (Å²) in [5, 5.41) is 71.8. The van der Waals surface area contributed by atoms with Crippen LogP contribution in [0.3, 0.4) is 0 Å². The van der Waals surface area contributed by atoms with Crippen molar-refractivity contribution in [1.29, 1.82) is 0 Å². The van der Waals surface area contributed by atoms with Crippen molar-refractivity contribution in [3.63, 3.8) is 0 Å². The van der Waals surface area contributed by atoms with Crippen LogP contribution >= 0.6 is 0 Å². The van der Waals surface area contributed by atoms with Crippen molar-refractivity contribution in [2.24, 2.45) is 0 Å². The zero-order chi connectivity index (χ0) is 44.0. The second-order valence-corrected chi connectivity index (χ2v) is 16.3. The fourth-order valence-electron chi connectivity index (χ4n) is 7.12. The average molecular weight is 861 g/mol. The highest BCUT2D eigenvalue weighted by Gasteiger charge is 2.47. The number of hydrogen-bond acceptors (Lipinski definition) is 15. The summed E-state index contributed by atoms with van der Waals surface area (Å²) < 4.78 is 33.3. The summed E-state index contributed by atoms with van der Waals surface area (Å²) in [6.07, 6.45) is 14.2. The van der Waals surface area contributed by atoms with E-state index in [0.717, 1.165) is 38.5 Å². The van der Waals surface area contributed by atoms with Crippen molar-refractivity contribution < 1.29 is 73.8 Å². The Morgan fingerprint density at radius 1 is 0.517 bits per heavy atom. The maximum atomic E-state index is 12.9. The van der Waals surface area contributed by atoms with Crippen LogP contribution in [0, 0.1) is 0 Å². The molecule has 7 N–H and O–H groups in total. The van der Waals surface area contributed by atoms with Crippen molar-refractivity contribution in [2.45, 2.75) is 223 Å². The summed E-state index contributed by atoms with van der Waals surface area (Å²) in [6, 6.07) is 0. The lowest BCUT2D eigenvalue weighted by molar-refractivity contribution is -0.332. The summed E-state index contributed by atoms with van der Waals surface area (Å²) in [6.45, 7) is 2.44. The van der Waals surface area contributed by atoms with E-state index in [9.17, 15) is 45.3 Å². The zero-order valence-corrected chi connectivity index (χ0v) is 36.4. The number of unbranched alkanes of at least 4 members (excludes halogenated alkanes) is 18. The molecule has 2 aliphatic rings. The molecule has 60 heavy (non-hydrogen) atoms. The maximum absolute atomic E-state index is 12.9. The molecule has 0 aliphatic carbocycles. The minimum absolute atomic E-state index is 0.0195. The number of ether oxygens (including phenoxy) is 6. The van der Waals surface area contributed by atoms with E-state index in [2.05, 4.69) is 13.8 Å². The van der Waals surface area contributed by atoms with Gasteiger partial charge < -0.3 is 64.2 Å². The van der Waals surface area contributed by atoms with Crippen molar-refractivity contribution in [1.82, 2.24) is 0 Å². The van der Waals surface area contributed by atoms with Gasteiger partial charge in [0.2, 0.25) is 0 Å². The van der Waals surface area contributed by atoms with Crippen LogP contribution in [0.25, 0.3) is 0 Å². The Bertz CT molecular complexity index is 1150. The molecule has 0 aromatic carbocycles. The average Bonchev–Trinajstić information content (AvgIpc) is 3.24. The molecule has 350 valence electrons. The fraction of sp³-hybridized carbons (Fsp3) is 0.867. The smallest absolute Gasteiger partial charge is 0.310 e. The molecule has 0 aromatic rings. The summed E-state index contributed by atoms with van der Waals surface area (Å²) >= 11 is 0. The molecule has 4 unspecified atom stereocenters. The van der Waals surface area contributed by atoms with Crippen LogP contribution in [0.15, 0.2) is 24.3 Å². The lowest BCUT2D eigenvalue weighted by Crippen LogP contribution is -2.61. The molecule has 2 heterocycles. The number of carbonyl (C=O) groups excluding carboxylic acids is 2. The predicted molar refractivity (Wildman–Crippen MR) is 224 cm³/mol. The highest BCUT2D eigenvalue weighted by Crippen LogP contribution is 2.26. The van der Waals surface area contributed by atoms with Gasteiger partial charge in [0, 0.05) is 0 Å². The number of rotatable bonds is 34. The summed E-state index contributed by atoms with van der Waals surface area (Å²) in [5.74, 6) is -1.12. The van der Waals surface area contributed by atoms with E-state index >= 15 is 0 Å². The molecule has 0 radical (unpaired) electrons. The molecule has 2 aliphatic heterocycles. The molecule has 0 aromatic heterocycles. The first-order valence-corrected chi connectivity index (χ1v) is 22.9. The molecule has 0 spiro atoms. The van der Waals surface area contributed by atoms with Gasteiger partial charge in [0.1, 0.15) is 55.4 Å². The molecule has 15 heteroatoms. The van der Waals surface area contributed by atoms with Crippen LogP contribution in [0.2, 0.25) is 0 Å². The number of esters is 2. The number of carbonyl (C=O) groups is 2. The minimum atomic E-state index is -1.77. The van der Waals surface area contributed by atoms with Crippen LogP contribution in [-0.4, -0.2) is 142 Å². The highest BCUT2D eigenvalue weighted by atomic mass is 16.7. The quantitative estimate of drug-likeness (QED) is 0.0261. The van der Waals surface area contributed by atoms with E-state index in [1.165, 1.54) is 89.9 Å². The Hall–Kier alpha value is -2.02. The van der Waals surface area contributed by atoms with E-state index in [4.69, 9.17) is 28.4 Å². The van der Waals surface area contributed by atoms with E-state index in [1.807, 2.05) is 12.2 Å². The predicted octanol–water partition coefficient (Wildman–Crippen LogP) is 4.82. The van der Waals surface area contributed by atoms with Gasteiger partial charge in [0.05, 0.1) is 32.7 Å². The standard InChI is InChI=1S/C45H80O15/c1-3-5-7-9-11-13-15-17-19-21-23-25-27-36(47)55-30-33(58-37(48)28-26-24-22-20-18-16-14-12-10-8-6-4-2)31-56-44-43(54)41(52)39(50)35(60-44)32-57-45-42(53)40(51)38(49)34(29-46)59-45/h23-26,33-35,38-46,49-54H,3-22,27-32H2,1-2H3/t33-,34-,35-,38+,39+,40?,41?,42?,43?,44-,45+/m1/s1. The zero-order valence-electron chi connectivity index (χ0n) is 36.4. The van der Waals surface area contributed by atoms with E-state index in [-0.39, 0.29) is 19.4 Å². The molecule has 15 nitrogen and oxygen atoms in total. The highest BCUT2D eigenvalue weighted by molar-refractivity contribution is 5.72. The van der Waals surface area contributed by atoms with E-state index < -0.39 is 99.3 Å². The Labute approximate surface area is 358 Å². The Morgan fingerprint density at radius 2 is 0.950 bits per heavy atom. The van der Waals surface area contributed by atoms with Gasteiger partial charge in [0.25, 0.3) is 0 Å². The van der Waals surface area contributed by atoms with Gasteiger partial charge in [0.15, 0.2) is 18.7 Å². The second-order valence-electron chi connectivity index (χ2n) is 16.3. The van der Waals surface area contributed by atoms with Gasteiger partial charge >= 0.3 is 11.9 Å². The van der Waals surface area contributed by atoms with Gasteiger partial charge in [-0.15, -0.1) is 0 Å². The van der Waals surface area contributed by atoms with Crippen LogP contribution in [0.1, 0.15) is 155 Å². The lowest BCUT2D eigenvalue weighted by atomic mass is 9.98. The van der Waals surface area contributed by atoms with E-state index in [0.29, 0.717) is 0 Å². The van der Waals surface area contributed by atoms with Crippen LogP contribution in [-0.2, 0) is 38.0 Å². The first-order valence-electron chi connectivity index (χ1n) is 22.9. The molecule has 2 saturated heterocycles. The molecule has 0 bridgehead atoms. The van der Waals surface area contributed by atoms with Crippen molar-refractivity contribution >= 4 is 11.9 Å². The Kier molecular flexibility index (Phi) is 30.2. The van der Waals surface area contributed by atoms with E-state index in [1.54, 1.807) is 12.2 Å².